The van der Waals surface area contributed by atoms with Crippen LogP contribution in [0.3, 0.4) is 0 Å². The van der Waals surface area contributed by atoms with Crippen molar-refractivity contribution in [1.29, 1.82) is 0 Å². The molecule has 0 aromatic rings. The molecule has 0 spiro atoms. The number of rotatable bonds is 12. The number of carbonyl (C=O) groups is 2. The number of carbonyl (C=O) groups excluding carboxylic acids is 2. The molecule has 19 heavy (non-hydrogen) atoms. The molecule has 0 aliphatic rings. The molecule has 112 valence electrons. The third-order valence-corrected chi connectivity index (χ3v) is 2.45. The maximum absolute atomic E-state index is 11.0. The summed E-state index contributed by atoms with van der Waals surface area (Å²) in [5.41, 5.74) is 0. The van der Waals surface area contributed by atoms with Gasteiger partial charge in [0.1, 0.15) is 0 Å². The highest BCUT2D eigenvalue weighted by Crippen LogP contribution is 2.01. The van der Waals surface area contributed by atoms with Gasteiger partial charge in [0.05, 0.1) is 13.2 Å². The third-order valence-electron chi connectivity index (χ3n) is 2.45. The van der Waals surface area contributed by atoms with Crippen molar-refractivity contribution in [2.45, 2.75) is 52.4 Å². The molecule has 0 fully saturated rings. The van der Waals surface area contributed by atoms with E-state index in [-0.39, 0.29) is 11.9 Å². The molecule has 0 aromatic carbocycles. The Labute approximate surface area is 115 Å². The quantitative estimate of drug-likeness (QED) is 0.404. The highest BCUT2D eigenvalue weighted by molar-refractivity contribution is 5.69. The Hall–Kier alpha value is -1.10. The first-order chi connectivity index (χ1) is 9.20. The van der Waals surface area contributed by atoms with Crippen LogP contribution in [0, 0.1) is 0 Å². The molecule has 0 aliphatic heterocycles. The monoisotopic (exact) mass is 274 g/mol. The van der Waals surface area contributed by atoms with Crippen molar-refractivity contribution in [3.8, 4) is 0 Å². The van der Waals surface area contributed by atoms with Crippen LogP contribution >= 0.6 is 0 Å². The fourth-order valence-electron chi connectivity index (χ4n) is 1.52. The lowest BCUT2D eigenvalue weighted by molar-refractivity contribution is -0.144. The number of ether oxygens (including phenoxy) is 3. The molecule has 0 aliphatic carbocycles. The minimum absolute atomic E-state index is 0.142. The van der Waals surface area contributed by atoms with Crippen LogP contribution in [-0.2, 0) is 23.8 Å². The van der Waals surface area contributed by atoms with Gasteiger partial charge in [0, 0.05) is 26.1 Å². The first-order valence-corrected chi connectivity index (χ1v) is 7.09. The summed E-state index contributed by atoms with van der Waals surface area (Å²) in [7, 11) is 0. The van der Waals surface area contributed by atoms with Crippen LogP contribution < -0.4 is 0 Å². The van der Waals surface area contributed by atoms with Crippen molar-refractivity contribution in [1.82, 2.24) is 0 Å². The summed E-state index contributed by atoms with van der Waals surface area (Å²) in [5, 5.41) is 0. The van der Waals surface area contributed by atoms with E-state index < -0.39 is 0 Å². The van der Waals surface area contributed by atoms with Gasteiger partial charge in [-0.2, -0.15) is 0 Å². The molecule has 0 bridgehead atoms. The van der Waals surface area contributed by atoms with E-state index in [0.29, 0.717) is 39.3 Å². The minimum Gasteiger partial charge on any atom is -0.466 e. The van der Waals surface area contributed by atoms with E-state index in [1.54, 1.807) is 13.8 Å². The first-order valence-electron chi connectivity index (χ1n) is 7.09. The van der Waals surface area contributed by atoms with Gasteiger partial charge in [0.15, 0.2) is 0 Å². The summed E-state index contributed by atoms with van der Waals surface area (Å²) in [5.74, 6) is -0.283. The molecule has 0 radical (unpaired) electrons. The van der Waals surface area contributed by atoms with Crippen molar-refractivity contribution in [3.63, 3.8) is 0 Å². The van der Waals surface area contributed by atoms with Gasteiger partial charge in [-0.1, -0.05) is 0 Å². The molecular weight excluding hydrogens is 248 g/mol. The minimum atomic E-state index is -0.142. The van der Waals surface area contributed by atoms with Crippen molar-refractivity contribution in [2.24, 2.45) is 0 Å². The fraction of sp³-hybridized carbons (Fsp3) is 0.857. The molecule has 0 saturated heterocycles. The standard InChI is InChI=1S/C14H26O5/c1-3-18-13(15)9-5-7-11-17-12-8-6-10-14(16)19-4-2/h3-12H2,1-2H3. The zero-order valence-corrected chi connectivity index (χ0v) is 12.1. The van der Waals surface area contributed by atoms with E-state index >= 15 is 0 Å². The topological polar surface area (TPSA) is 61.8 Å². The molecule has 0 amide bonds. The highest BCUT2D eigenvalue weighted by Gasteiger charge is 2.02. The predicted molar refractivity (Wildman–Crippen MR) is 71.8 cm³/mol. The summed E-state index contributed by atoms with van der Waals surface area (Å²) in [6.07, 6.45) is 4.22. The Balaban J connectivity index is 3.15. The van der Waals surface area contributed by atoms with E-state index in [1.165, 1.54) is 0 Å². The Bertz CT molecular complexity index is 216. The van der Waals surface area contributed by atoms with Gasteiger partial charge in [-0.15, -0.1) is 0 Å². The summed E-state index contributed by atoms with van der Waals surface area (Å²) in [6.45, 7) is 5.79. The molecule has 0 N–H and O–H groups in total. The second-order valence-corrected chi connectivity index (χ2v) is 4.14. The first kappa shape index (κ1) is 17.9. The van der Waals surface area contributed by atoms with E-state index in [2.05, 4.69) is 0 Å². The van der Waals surface area contributed by atoms with Crippen LogP contribution in [0.1, 0.15) is 52.4 Å². The predicted octanol–water partition coefficient (Wildman–Crippen LogP) is 2.47. The average molecular weight is 274 g/mol. The summed E-state index contributed by atoms with van der Waals surface area (Å²) >= 11 is 0. The van der Waals surface area contributed by atoms with Gasteiger partial charge in [-0.05, 0) is 39.5 Å². The lowest BCUT2D eigenvalue weighted by Crippen LogP contribution is -2.05. The van der Waals surface area contributed by atoms with E-state index in [1.807, 2.05) is 0 Å². The van der Waals surface area contributed by atoms with Crippen molar-refractivity contribution >= 4 is 11.9 Å². The number of unbranched alkanes of at least 4 members (excludes halogenated alkanes) is 2. The largest absolute Gasteiger partial charge is 0.466 e. The lowest BCUT2D eigenvalue weighted by Gasteiger charge is -2.04. The Kier molecular flexibility index (Phi) is 12.6. The van der Waals surface area contributed by atoms with Gasteiger partial charge < -0.3 is 14.2 Å². The summed E-state index contributed by atoms with van der Waals surface area (Å²) < 4.78 is 15.1. The Morgan fingerprint density at radius 1 is 0.737 bits per heavy atom. The van der Waals surface area contributed by atoms with E-state index in [4.69, 9.17) is 14.2 Å². The summed E-state index contributed by atoms with van der Waals surface area (Å²) in [6, 6.07) is 0. The molecule has 0 atom stereocenters. The van der Waals surface area contributed by atoms with Crippen LogP contribution in [0.2, 0.25) is 0 Å². The molecule has 0 saturated carbocycles. The highest BCUT2D eigenvalue weighted by atomic mass is 16.5. The van der Waals surface area contributed by atoms with Gasteiger partial charge in [-0.25, -0.2) is 0 Å². The van der Waals surface area contributed by atoms with Crippen LogP contribution in [0.4, 0.5) is 0 Å². The van der Waals surface area contributed by atoms with Crippen LogP contribution in [0.25, 0.3) is 0 Å². The lowest BCUT2D eigenvalue weighted by atomic mass is 10.2. The fourth-order valence-corrected chi connectivity index (χ4v) is 1.52. The smallest absolute Gasteiger partial charge is 0.305 e. The molecule has 0 aromatic heterocycles. The second-order valence-electron chi connectivity index (χ2n) is 4.14. The van der Waals surface area contributed by atoms with Gasteiger partial charge in [-0.3, -0.25) is 9.59 Å². The Morgan fingerprint density at radius 3 is 1.53 bits per heavy atom. The molecule has 5 nitrogen and oxygen atoms in total. The maximum Gasteiger partial charge on any atom is 0.305 e. The van der Waals surface area contributed by atoms with Gasteiger partial charge >= 0.3 is 11.9 Å². The molecule has 0 unspecified atom stereocenters. The zero-order chi connectivity index (χ0) is 14.3. The van der Waals surface area contributed by atoms with Crippen molar-refractivity contribution in [3.05, 3.63) is 0 Å². The molecule has 0 heterocycles. The molecule has 0 rings (SSSR count). The zero-order valence-electron chi connectivity index (χ0n) is 12.1. The SMILES string of the molecule is CCOC(=O)CCCCOCCCCC(=O)OCC. The maximum atomic E-state index is 11.0. The molecular formula is C14H26O5. The van der Waals surface area contributed by atoms with E-state index in [9.17, 15) is 9.59 Å². The third kappa shape index (κ3) is 13.1. The Morgan fingerprint density at radius 2 is 1.16 bits per heavy atom. The van der Waals surface area contributed by atoms with Crippen LogP contribution in [0.5, 0.6) is 0 Å². The van der Waals surface area contributed by atoms with Crippen LogP contribution in [-0.4, -0.2) is 38.4 Å². The second kappa shape index (κ2) is 13.3. The normalized spacial score (nSPS) is 10.2. The van der Waals surface area contributed by atoms with Gasteiger partial charge in [0.25, 0.3) is 0 Å². The molecule has 5 heteroatoms. The number of esters is 2. The van der Waals surface area contributed by atoms with E-state index in [0.717, 1.165) is 25.7 Å². The average Bonchev–Trinajstić information content (AvgIpc) is 2.37. The number of hydrogen-bond acceptors (Lipinski definition) is 5. The number of hydrogen-bond donors (Lipinski definition) is 0. The summed E-state index contributed by atoms with van der Waals surface area (Å²) in [4.78, 5) is 22.1. The van der Waals surface area contributed by atoms with Gasteiger partial charge in [0.2, 0.25) is 0 Å². The van der Waals surface area contributed by atoms with Crippen molar-refractivity contribution in [2.75, 3.05) is 26.4 Å². The van der Waals surface area contributed by atoms with Crippen molar-refractivity contribution < 1.29 is 23.8 Å². The van der Waals surface area contributed by atoms with Crippen LogP contribution in [0.15, 0.2) is 0 Å².